The topological polar surface area (TPSA) is 56.8 Å². The average molecular weight is 443 g/mol. The van der Waals surface area contributed by atoms with Gasteiger partial charge >= 0.3 is 12.2 Å². The number of hydrogen-bond donors (Lipinski definition) is 2. The minimum Gasteiger partial charge on any atom is -0.378 e. The van der Waals surface area contributed by atoms with Gasteiger partial charge in [0.1, 0.15) is 0 Å². The third-order valence-electron chi connectivity index (χ3n) is 6.00. The highest BCUT2D eigenvalue weighted by atomic mass is 19.4. The molecule has 0 spiro atoms. The van der Waals surface area contributed by atoms with Crippen molar-refractivity contribution >= 4 is 17.4 Å². The summed E-state index contributed by atoms with van der Waals surface area (Å²) in [4.78, 5) is 16.4. The highest BCUT2D eigenvalue weighted by Gasteiger charge is 2.35. The maximum absolute atomic E-state index is 13.6. The number of halogens is 3. The molecule has 0 radical (unpaired) electrons. The van der Waals surface area contributed by atoms with Crippen LogP contribution in [0.3, 0.4) is 0 Å². The molecule has 2 N–H and O–H groups in total. The number of carbonyl (C=O) groups is 1. The number of carbonyl (C=O) groups excluding carboxylic acids is 1. The van der Waals surface area contributed by atoms with Crippen LogP contribution in [0.15, 0.2) is 18.2 Å². The number of nitrogens with zero attached hydrogens (tertiary/aromatic N) is 2. The number of piperidine rings is 1. The van der Waals surface area contributed by atoms with E-state index in [9.17, 15) is 18.0 Å². The van der Waals surface area contributed by atoms with Crippen LogP contribution in [0.2, 0.25) is 0 Å². The monoisotopic (exact) mass is 442 g/mol. The quantitative estimate of drug-likeness (QED) is 0.623. The summed E-state index contributed by atoms with van der Waals surface area (Å²) in [6, 6.07) is 3.41. The molecule has 1 aromatic carbocycles. The molecule has 2 aliphatic heterocycles. The molecular formula is C22H33F3N4O2. The summed E-state index contributed by atoms with van der Waals surface area (Å²) in [7, 11) is 0. The number of unbranched alkanes of at least 4 members (excludes halogenated alkanes) is 1. The van der Waals surface area contributed by atoms with Crippen LogP contribution in [-0.4, -0.2) is 63.4 Å². The predicted octanol–water partition coefficient (Wildman–Crippen LogP) is 4.18. The highest BCUT2D eigenvalue weighted by Crippen LogP contribution is 2.37. The Hall–Kier alpha value is -2.00. The molecule has 2 aliphatic rings. The van der Waals surface area contributed by atoms with Gasteiger partial charge in [0.25, 0.3) is 0 Å². The van der Waals surface area contributed by atoms with E-state index in [-0.39, 0.29) is 5.69 Å². The van der Waals surface area contributed by atoms with Crippen molar-refractivity contribution in [1.29, 1.82) is 0 Å². The van der Waals surface area contributed by atoms with Crippen molar-refractivity contribution in [3.63, 3.8) is 0 Å². The Bertz CT molecular complexity index is 715. The standard InChI is InChI=1S/C22H33F3N4O2/c1-17-6-10-28(11-7-17)9-3-2-8-26-21(30)27-20-5-4-18(16-19(20)22(23,24)25)29-12-14-31-15-13-29/h4-5,16-17H,2-3,6-15H2,1H3,(H2,26,27,30). The molecular weight excluding hydrogens is 409 g/mol. The van der Waals surface area contributed by atoms with Crippen molar-refractivity contribution in [3.8, 4) is 0 Å². The van der Waals surface area contributed by atoms with E-state index in [1.165, 1.54) is 18.9 Å². The zero-order valence-electron chi connectivity index (χ0n) is 18.1. The van der Waals surface area contributed by atoms with Gasteiger partial charge in [-0.15, -0.1) is 0 Å². The highest BCUT2D eigenvalue weighted by molar-refractivity contribution is 5.90. The number of hydrogen-bond acceptors (Lipinski definition) is 4. The van der Waals surface area contributed by atoms with Crippen molar-refractivity contribution in [2.75, 3.05) is 62.7 Å². The van der Waals surface area contributed by atoms with E-state index in [1.54, 1.807) is 6.07 Å². The van der Waals surface area contributed by atoms with Gasteiger partial charge in [-0.25, -0.2) is 4.79 Å². The molecule has 0 aromatic heterocycles. The lowest BCUT2D eigenvalue weighted by Crippen LogP contribution is -2.36. The molecule has 2 amide bonds. The average Bonchev–Trinajstić information content (AvgIpc) is 2.75. The summed E-state index contributed by atoms with van der Waals surface area (Å²) in [5, 5.41) is 5.04. The predicted molar refractivity (Wildman–Crippen MR) is 116 cm³/mol. The van der Waals surface area contributed by atoms with Crippen LogP contribution in [-0.2, 0) is 10.9 Å². The molecule has 9 heteroatoms. The first kappa shape index (κ1) is 23.7. The summed E-state index contributed by atoms with van der Waals surface area (Å²) in [5.41, 5.74) is -0.593. The van der Waals surface area contributed by atoms with Gasteiger partial charge in [0.15, 0.2) is 0 Å². The lowest BCUT2D eigenvalue weighted by Gasteiger charge is -2.30. The fourth-order valence-electron chi connectivity index (χ4n) is 4.01. The van der Waals surface area contributed by atoms with Gasteiger partial charge in [0.05, 0.1) is 24.5 Å². The van der Waals surface area contributed by atoms with Crippen LogP contribution < -0.4 is 15.5 Å². The van der Waals surface area contributed by atoms with Gasteiger partial charge in [-0.2, -0.15) is 13.2 Å². The minimum absolute atomic E-state index is 0.232. The third-order valence-corrected chi connectivity index (χ3v) is 6.00. The number of ether oxygens (including phenoxy) is 1. The van der Waals surface area contributed by atoms with Gasteiger partial charge in [-0.1, -0.05) is 6.92 Å². The van der Waals surface area contributed by atoms with Gasteiger partial charge in [-0.3, -0.25) is 0 Å². The molecule has 0 atom stereocenters. The van der Waals surface area contributed by atoms with Crippen LogP contribution in [0.25, 0.3) is 0 Å². The second-order valence-corrected chi connectivity index (χ2v) is 8.44. The summed E-state index contributed by atoms with van der Waals surface area (Å²) in [5.74, 6) is 0.797. The molecule has 174 valence electrons. The number of anilines is 2. The van der Waals surface area contributed by atoms with Gasteiger partial charge in [0, 0.05) is 25.3 Å². The molecule has 0 saturated carbocycles. The van der Waals surface area contributed by atoms with Crippen molar-refractivity contribution in [2.24, 2.45) is 5.92 Å². The van der Waals surface area contributed by atoms with E-state index < -0.39 is 17.8 Å². The molecule has 31 heavy (non-hydrogen) atoms. The first-order valence-corrected chi connectivity index (χ1v) is 11.1. The lowest BCUT2D eigenvalue weighted by atomic mass is 9.99. The number of alkyl halides is 3. The van der Waals surface area contributed by atoms with Gasteiger partial charge in [0.2, 0.25) is 0 Å². The largest absolute Gasteiger partial charge is 0.418 e. The van der Waals surface area contributed by atoms with E-state index in [4.69, 9.17) is 4.74 Å². The number of morpholine rings is 1. The van der Waals surface area contributed by atoms with Crippen LogP contribution >= 0.6 is 0 Å². The van der Waals surface area contributed by atoms with Crippen LogP contribution in [0.1, 0.15) is 38.2 Å². The first-order valence-electron chi connectivity index (χ1n) is 11.1. The molecule has 3 rings (SSSR count). The smallest absolute Gasteiger partial charge is 0.378 e. The lowest BCUT2D eigenvalue weighted by molar-refractivity contribution is -0.136. The maximum atomic E-state index is 13.6. The molecule has 1 aromatic rings. The summed E-state index contributed by atoms with van der Waals surface area (Å²) in [6.07, 6.45) is -0.353. The normalized spacial score (nSPS) is 18.8. The van der Waals surface area contributed by atoms with E-state index in [0.717, 1.165) is 44.5 Å². The Morgan fingerprint density at radius 3 is 2.52 bits per heavy atom. The second kappa shape index (κ2) is 11.0. The SMILES string of the molecule is CC1CCN(CCCCNC(=O)Nc2ccc(N3CCOCC3)cc2C(F)(F)F)CC1. The number of urea groups is 1. The minimum atomic E-state index is -4.56. The number of likely N-dealkylation sites (tertiary alicyclic amines) is 1. The van der Waals surface area contributed by atoms with E-state index in [1.807, 2.05) is 4.90 Å². The Morgan fingerprint density at radius 2 is 1.84 bits per heavy atom. The van der Waals surface area contributed by atoms with E-state index in [2.05, 4.69) is 22.5 Å². The van der Waals surface area contributed by atoms with Gasteiger partial charge < -0.3 is 25.2 Å². The van der Waals surface area contributed by atoms with Crippen molar-refractivity contribution < 1.29 is 22.7 Å². The third kappa shape index (κ3) is 7.28. The molecule has 0 unspecified atom stereocenters. The Kier molecular flexibility index (Phi) is 8.43. The van der Waals surface area contributed by atoms with Crippen LogP contribution in [0.5, 0.6) is 0 Å². The summed E-state index contributed by atoms with van der Waals surface area (Å²) < 4.78 is 46.0. The molecule has 2 heterocycles. The number of benzene rings is 1. The summed E-state index contributed by atoms with van der Waals surface area (Å²) >= 11 is 0. The van der Waals surface area contributed by atoms with Crippen molar-refractivity contribution in [1.82, 2.24) is 10.2 Å². The zero-order valence-corrected chi connectivity index (χ0v) is 18.1. The summed E-state index contributed by atoms with van der Waals surface area (Å²) in [6.45, 7) is 8.01. The van der Waals surface area contributed by atoms with Gasteiger partial charge in [-0.05, 0) is 69.4 Å². The van der Waals surface area contributed by atoms with Crippen molar-refractivity contribution in [3.05, 3.63) is 23.8 Å². The Balaban J connectivity index is 1.47. The van der Waals surface area contributed by atoms with E-state index >= 15 is 0 Å². The maximum Gasteiger partial charge on any atom is 0.418 e. The van der Waals surface area contributed by atoms with Crippen LogP contribution in [0, 0.1) is 5.92 Å². The second-order valence-electron chi connectivity index (χ2n) is 8.44. The molecule has 6 nitrogen and oxygen atoms in total. The number of amides is 2. The van der Waals surface area contributed by atoms with Crippen LogP contribution in [0.4, 0.5) is 29.3 Å². The zero-order chi connectivity index (χ0) is 22.3. The molecule has 2 fully saturated rings. The van der Waals surface area contributed by atoms with E-state index in [0.29, 0.717) is 38.5 Å². The number of nitrogens with one attached hydrogen (secondary N) is 2. The molecule has 0 bridgehead atoms. The number of rotatable bonds is 7. The Labute approximate surface area is 182 Å². The fraction of sp³-hybridized carbons (Fsp3) is 0.682. The van der Waals surface area contributed by atoms with Crippen molar-refractivity contribution in [2.45, 2.75) is 38.8 Å². The first-order chi connectivity index (χ1) is 14.8. The molecule has 2 saturated heterocycles. The fourth-order valence-corrected chi connectivity index (χ4v) is 4.01. The molecule has 0 aliphatic carbocycles. The Morgan fingerprint density at radius 1 is 1.13 bits per heavy atom.